The second-order valence-corrected chi connectivity index (χ2v) is 3.59. The fourth-order valence-electron chi connectivity index (χ4n) is 1.77. The van der Waals surface area contributed by atoms with Gasteiger partial charge in [-0.05, 0) is 12.2 Å². The molecule has 0 aliphatic carbocycles. The molecule has 0 radical (unpaired) electrons. The topological polar surface area (TPSA) is 79.0 Å². The maximum Gasteiger partial charge on any atom is 0.297 e. The molecule has 0 unspecified atom stereocenters. The van der Waals surface area contributed by atoms with Gasteiger partial charge in [0.25, 0.3) is 5.91 Å². The first-order valence-electron chi connectivity index (χ1n) is 4.08. The molecule has 0 aromatic rings. The summed E-state index contributed by atoms with van der Waals surface area (Å²) in [6.07, 6.45) is 2.83. The number of aliphatic imine (C=N–C) groups is 1. The molecule has 0 saturated heterocycles. The van der Waals surface area contributed by atoms with Crippen LogP contribution in [0.2, 0.25) is 0 Å². The summed E-state index contributed by atoms with van der Waals surface area (Å²) < 4.78 is 0. The van der Waals surface area contributed by atoms with E-state index in [1.54, 1.807) is 0 Å². The zero-order chi connectivity index (χ0) is 10.7. The molecule has 3 aliphatic heterocycles. The normalized spacial score (nSPS) is 21.7. The van der Waals surface area contributed by atoms with Crippen molar-refractivity contribution in [1.29, 1.82) is 0 Å². The number of fused-ring (bicyclic) bond motifs is 4. The minimum atomic E-state index is -0.442. The second-order valence-electron chi connectivity index (χ2n) is 3.17. The van der Waals surface area contributed by atoms with Crippen molar-refractivity contribution >= 4 is 35.4 Å². The standard InChI is InChI=1S/C8H4N4O2S/c9-8(15)11-1-3-6(13)4(11)5-7(14)10-2-12(3)5/h1-2H,(H2,9,15). The Balaban J connectivity index is 2.22. The Hall–Kier alpha value is -2.02. The van der Waals surface area contributed by atoms with Gasteiger partial charge in [0.2, 0.25) is 5.78 Å². The lowest BCUT2D eigenvalue weighted by Gasteiger charge is -2.19. The summed E-state index contributed by atoms with van der Waals surface area (Å²) in [5.41, 5.74) is 6.24. The van der Waals surface area contributed by atoms with Crippen molar-refractivity contribution in [1.82, 2.24) is 9.80 Å². The number of nitrogens with two attached hydrogens (primary N) is 1. The molecule has 0 fully saturated rings. The average Bonchev–Trinajstić information content (AvgIpc) is 2.78. The predicted octanol–water partition coefficient (Wildman–Crippen LogP) is -0.948. The molecule has 0 spiro atoms. The van der Waals surface area contributed by atoms with Crippen molar-refractivity contribution < 1.29 is 9.59 Å². The Bertz CT molecular complexity index is 531. The summed E-state index contributed by atoms with van der Waals surface area (Å²) in [4.78, 5) is 29.5. The molecule has 0 atom stereocenters. The van der Waals surface area contributed by atoms with Crippen LogP contribution < -0.4 is 5.73 Å². The molecule has 3 heterocycles. The maximum atomic E-state index is 11.7. The third-order valence-corrected chi connectivity index (χ3v) is 2.59. The van der Waals surface area contributed by atoms with Crippen LogP contribution in [0.5, 0.6) is 0 Å². The number of nitrogens with zero attached hydrogens (tertiary/aromatic N) is 3. The van der Waals surface area contributed by atoms with E-state index in [4.69, 9.17) is 18.0 Å². The Morgan fingerprint density at radius 1 is 1.40 bits per heavy atom. The lowest BCUT2D eigenvalue weighted by atomic mass is 10.3. The zero-order valence-electron chi connectivity index (χ0n) is 7.30. The molecule has 6 nitrogen and oxygen atoms in total. The van der Waals surface area contributed by atoms with Crippen molar-refractivity contribution in [2.45, 2.75) is 0 Å². The Labute approximate surface area is 89.3 Å². The fraction of sp³-hybridized carbons (Fsp3) is 0. The van der Waals surface area contributed by atoms with Crippen molar-refractivity contribution in [3.05, 3.63) is 23.3 Å². The van der Waals surface area contributed by atoms with E-state index in [2.05, 4.69) is 4.99 Å². The van der Waals surface area contributed by atoms with Gasteiger partial charge in [-0.3, -0.25) is 19.4 Å². The molecule has 0 aromatic carbocycles. The van der Waals surface area contributed by atoms with Crippen LogP contribution in [0, 0.1) is 0 Å². The molecule has 2 N–H and O–H groups in total. The summed E-state index contributed by atoms with van der Waals surface area (Å²) in [5, 5.41) is 0.0419. The molecule has 74 valence electrons. The van der Waals surface area contributed by atoms with E-state index in [1.807, 2.05) is 0 Å². The molecule has 3 aliphatic rings. The highest BCUT2D eigenvalue weighted by Gasteiger charge is 2.48. The Morgan fingerprint density at radius 3 is 2.80 bits per heavy atom. The van der Waals surface area contributed by atoms with Crippen LogP contribution in [-0.2, 0) is 9.59 Å². The quantitative estimate of drug-likeness (QED) is 0.530. The lowest BCUT2D eigenvalue weighted by Crippen LogP contribution is -2.32. The predicted molar refractivity (Wildman–Crippen MR) is 54.1 cm³/mol. The van der Waals surface area contributed by atoms with Crippen LogP contribution >= 0.6 is 12.2 Å². The van der Waals surface area contributed by atoms with Gasteiger partial charge in [-0.25, -0.2) is 0 Å². The third-order valence-electron chi connectivity index (χ3n) is 2.40. The minimum Gasteiger partial charge on any atom is -0.376 e. The van der Waals surface area contributed by atoms with E-state index in [1.165, 1.54) is 22.3 Å². The zero-order valence-corrected chi connectivity index (χ0v) is 8.11. The smallest absolute Gasteiger partial charge is 0.297 e. The lowest BCUT2D eigenvalue weighted by molar-refractivity contribution is -0.115. The SMILES string of the molecule is NC(=S)N1C=C2C(=O)C1=C1C(=O)N=CN21. The molecular weight excluding hydrogens is 216 g/mol. The van der Waals surface area contributed by atoms with Gasteiger partial charge in [0.15, 0.2) is 5.11 Å². The van der Waals surface area contributed by atoms with Gasteiger partial charge < -0.3 is 5.73 Å². The van der Waals surface area contributed by atoms with E-state index in [-0.39, 0.29) is 22.3 Å². The first kappa shape index (κ1) is 8.30. The van der Waals surface area contributed by atoms with E-state index in [9.17, 15) is 9.59 Å². The molecule has 1 amide bonds. The van der Waals surface area contributed by atoms with Crippen LogP contribution in [-0.4, -0.2) is 32.9 Å². The fourth-order valence-corrected chi connectivity index (χ4v) is 1.92. The van der Waals surface area contributed by atoms with Gasteiger partial charge in [0, 0.05) is 6.20 Å². The monoisotopic (exact) mass is 220 g/mol. The van der Waals surface area contributed by atoms with Crippen molar-refractivity contribution in [3.8, 4) is 0 Å². The summed E-state index contributed by atoms with van der Waals surface area (Å²) in [6, 6.07) is 0. The first-order valence-corrected chi connectivity index (χ1v) is 4.49. The van der Waals surface area contributed by atoms with Crippen molar-refractivity contribution in [3.63, 3.8) is 0 Å². The van der Waals surface area contributed by atoms with Crippen LogP contribution in [0.4, 0.5) is 0 Å². The summed E-state index contributed by atoms with van der Waals surface area (Å²) >= 11 is 4.77. The number of hydrogen-bond acceptors (Lipinski definition) is 4. The maximum absolute atomic E-state index is 11.7. The molecular formula is C8H4N4O2S. The Morgan fingerprint density at radius 2 is 2.13 bits per heavy atom. The number of hydrogen-bond donors (Lipinski definition) is 1. The third kappa shape index (κ3) is 0.785. The van der Waals surface area contributed by atoms with Gasteiger partial charge in [-0.2, -0.15) is 4.99 Å². The van der Waals surface area contributed by atoms with Crippen LogP contribution in [0.1, 0.15) is 0 Å². The number of ketones is 1. The number of thiocarbonyl (C=S) groups is 1. The van der Waals surface area contributed by atoms with Gasteiger partial charge in [0.1, 0.15) is 23.4 Å². The summed E-state index contributed by atoms with van der Waals surface area (Å²) in [5.74, 6) is -0.681. The summed E-state index contributed by atoms with van der Waals surface area (Å²) in [7, 11) is 0. The van der Waals surface area contributed by atoms with E-state index >= 15 is 0 Å². The van der Waals surface area contributed by atoms with Crippen LogP contribution in [0.15, 0.2) is 28.3 Å². The molecule has 15 heavy (non-hydrogen) atoms. The molecule has 7 heteroatoms. The number of carbonyl (C=O) groups excluding carboxylic acids is 2. The van der Waals surface area contributed by atoms with Crippen LogP contribution in [0.3, 0.4) is 0 Å². The molecule has 0 aromatic heterocycles. The molecule has 2 bridgehead atoms. The van der Waals surface area contributed by atoms with Gasteiger partial charge >= 0.3 is 0 Å². The molecule has 3 rings (SSSR count). The highest BCUT2D eigenvalue weighted by molar-refractivity contribution is 7.80. The highest BCUT2D eigenvalue weighted by Crippen LogP contribution is 2.38. The van der Waals surface area contributed by atoms with E-state index in [0.717, 1.165) is 0 Å². The largest absolute Gasteiger partial charge is 0.376 e. The Kier molecular flexibility index (Phi) is 1.28. The van der Waals surface area contributed by atoms with Gasteiger partial charge in [-0.15, -0.1) is 0 Å². The van der Waals surface area contributed by atoms with Crippen molar-refractivity contribution in [2.24, 2.45) is 10.7 Å². The van der Waals surface area contributed by atoms with E-state index < -0.39 is 5.91 Å². The number of rotatable bonds is 0. The first-order chi connectivity index (χ1) is 7.11. The second kappa shape index (κ2) is 2.31. The molecule has 0 saturated carbocycles. The van der Waals surface area contributed by atoms with Crippen molar-refractivity contribution in [2.75, 3.05) is 0 Å². The minimum absolute atomic E-state index is 0.0419. The highest BCUT2D eigenvalue weighted by atomic mass is 32.1. The summed E-state index contributed by atoms with van der Waals surface area (Å²) in [6.45, 7) is 0. The number of carbonyl (C=O) groups is 2. The van der Waals surface area contributed by atoms with E-state index in [0.29, 0.717) is 5.70 Å². The van der Waals surface area contributed by atoms with Gasteiger partial charge in [0.05, 0.1) is 0 Å². The van der Waals surface area contributed by atoms with Gasteiger partial charge in [-0.1, -0.05) is 0 Å². The number of amides is 1. The average molecular weight is 220 g/mol. The number of Topliss-reactive ketones (excluding diaryl/α,β-unsaturated/α-hetero) is 1. The van der Waals surface area contributed by atoms with Crippen LogP contribution in [0.25, 0.3) is 0 Å².